The highest BCUT2D eigenvalue weighted by Gasteiger charge is 2.25. The quantitative estimate of drug-likeness (QED) is 0.919. The third-order valence-corrected chi connectivity index (χ3v) is 4.23. The lowest BCUT2D eigenvalue weighted by atomic mass is 10.0. The zero-order valence-corrected chi connectivity index (χ0v) is 13.5. The SMILES string of the molecule is CCc1cc(C(=O)N2CCC(N(C)C)CC2)cc(NC)n1. The molecule has 1 aliphatic rings. The van der Waals surface area contributed by atoms with Gasteiger partial charge in [0.05, 0.1) is 0 Å². The maximum Gasteiger partial charge on any atom is 0.254 e. The van der Waals surface area contributed by atoms with Gasteiger partial charge in [-0.1, -0.05) is 6.92 Å². The molecule has 116 valence electrons. The average molecular weight is 290 g/mol. The highest BCUT2D eigenvalue weighted by molar-refractivity contribution is 5.95. The number of likely N-dealkylation sites (tertiary alicyclic amines) is 1. The van der Waals surface area contributed by atoms with E-state index in [9.17, 15) is 4.79 Å². The Labute approximate surface area is 127 Å². The van der Waals surface area contributed by atoms with Crippen molar-refractivity contribution in [3.63, 3.8) is 0 Å². The van der Waals surface area contributed by atoms with Crippen LogP contribution in [0.1, 0.15) is 35.8 Å². The molecule has 0 aliphatic carbocycles. The Morgan fingerprint density at radius 3 is 2.57 bits per heavy atom. The van der Waals surface area contributed by atoms with Crippen LogP contribution in [-0.4, -0.2) is 61.0 Å². The summed E-state index contributed by atoms with van der Waals surface area (Å²) in [5.74, 6) is 0.890. The number of pyridine rings is 1. The molecule has 0 atom stereocenters. The number of aryl methyl sites for hydroxylation is 1. The van der Waals surface area contributed by atoms with E-state index in [1.54, 1.807) is 0 Å². The smallest absolute Gasteiger partial charge is 0.254 e. The first kappa shape index (κ1) is 15.8. The first-order valence-corrected chi connectivity index (χ1v) is 7.69. The molecule has 0 spiro atoms. The highest BCUT2D eigenvalue weighted by atomic mass is 16.2. The molecule has 1 saturated heterocycles. The van der Waals surface area contributed by atoms with E-state index in [1.165, 1.54) is 0 Å². The third kappa shape index (κ3) is 3.73. The molecule has 0 bridgehead atoms. The molecule has 0 aromatic carbocycles. The van der Waals surface area contributed by atoms with E-state index in [0.29, 0.717) is 6.04 Å². The van der Waals surface area contributed by atoms with Crippen LogP contribution in [0.5, 0.6) is 0 Å². The van der Waals surface area contributed by atoms with Crippen molar-refractivity contribution in [3.8, 4) is 0 Å². The van der Waals surface area contributed by atoms with Crippen molar-refractivity contribution in [3.05, 3.63) is 23.4 Å². The van der Waals surface area contributed by atoms with E-state index in [4.69, 9.17) is 0 Å². The summed E-state index contributed by atoms with van der Waals surface area (Å²) < 4.78 is 0. The molecule has 0 unspecified atom stereocenters. The summed E-state index contributed by atoms with van der Waals surface area (Å²) in [6.07, 6.45) is 2.92. The largest absolute Gasteiger partial charge is 0.373 e. The zero-order valence-electron chi connectivity index (χ0n) is 13.5. The monoisotopic (exact) mass is 290 g/mol. The maximum absolute atomic E-state index is 12.7. The summed E-state index contributed by atoms with van der Waals surface area (Å²) in [6.45, 7) is 3.72. The second-order valence-corrected chi connectivity index (χ2v) is 5.82. The lowest BCUT2D eigenvalue weighted by Gasteiger charge is -2.35. The Morgan fingerprint density at radius 1 is 1.38 bits per heavy atom. The van der Waals surface area contributed by atoms with Gasteiger partial charge in [0.2, 0.25) is 0 Å². The first-order valence-electron chi connectivity index (χ1n) is 7.69. The molecule has 5 nitrogen and oxygen atoms in total. The van der Waals surface area contributed by atoms with E-state index < -0.39 is 0 Å². The number of anilines is 1. The number of carbonyl (C=O) groups is 1. The van der Waals surface area contributed by atoms with Gasteiger partial charge in [-0.3, -0.25) is 4.79 Å². The molecule has 1 amide bonds. The van der Waals surface area contributed by atoms with Crippen molar-refractivity contribution in [1.82, 2.24) is 14.8 Å². The van der Waals surface area contributed by atoms with Gasteiger partial charge in [-0.05, 0) is 45.5 Å². The Hall–Kier alpha value is -1.62. The third-order valence-electron chi connectivity index (χ3n) is 4.23. The van der Waals surface area contributed by atoms with Gasteiger partial charge in [-0.25, -0.2) is 4.98 Å². The Morgan fingerprint density at radius 2 is 2.05 bits per heavy atom. The minimum absolute atomic E-state index is 0.126. The molecule has 2 rings (SSSR count). The van der Waals surface area contributed by atoms with Crippen LogP contribution in [0.25, 0.3) is 0 Å². The molecule has 1 N–H and O–H groups in total. The number of aromatic nitrogens is 1. The number of hydrogen-bond acceptors (Lipinski definition) is 4. The summed E-state index contributed by atoms with van der Waals surface area (Å²) >= 11 is 0. The van der Waals surface area contributed by atoms with Crippen LogP contribution < -0.4 is 5.32 Å². The molecule has 0 saturated carbocycles. The topological polar surface area (TPSA) is 48.5 Å². The van der Waals surface area contributed by atoms with Crippen LogP contribution in [-0.2, 0) is 6.42 Å². The molecule has 0 radical (unpaired) electrons. The number of carbonyl (C=O) groups excluding carboxylic acids is 1. The lowest BCUT2D eigenvalue weighted by molar-refractivity contribution is 0.0663. The van der Waals surface area contributed by atoms with Gasteiger partial charge in [-0.2, -0.15) is 0 Å². The maximum atomic E-state index is 12.7. The second kappa shape index (κ2) is 6.89. The van der Waals surface area contributed by atoms with E-state index in [1.807, 2.05) is 24.1 Å². The minimum atomic E-state index is 0.126. The van der Waals surface area contributed by atoms with E-state index in [-0.39, 0.29) is 5.91 Å². The fourth-order valence-electron chi connectivity index (χ4n) is 2.79. The first-order chi connectivity index (χ1) is 10.0. The van der Waals surface area contributed by atoms with Gasteiger partial charge in [0.15, 0.2) is 0 Å². The molecule has 1 fully saturated rings. The molecular formula is C16H26N4O. The summed E-state index contributed by atoms with van der Waals surface area (Å²) in [5, 5.41) is 3.03. The Bertz CT molecular complexity index is 471. The number of hydrogen-bond donors (Lipinski definition) is 1. The van der Waals surface area contributed by atoms with Crippen molar-refractivity contribution in [2.24, 2.45) is 0 Å². The van der Waals surface area contributed by atoms with Crippen molar-refractivity contribution in [2.75, 3.05) is 39.5 Å². The number of amides is 1. The number of rotatable bonds is 4. The molecule has 21 heavy (non-hydrogen) atoms. The molecule has 1 aromatic rings. The second-order valence-electron chi connectivity index (χ2n) is 5.82. The van der Waals surface area contributed by atoms with Gasteiger partial charge >= 0.3 is 0 Å². The van der Waals surface area contributed by atoms with Gasteiger partial charge in [0, 0.05) is 37.4 Å². The van der Waals surface area contributed by atoms with E-state index in [0.717, 1.165) is 49.4 Å². The van der Waals surface area contributed by atoms with Crippen LogP contribution in [0.15, 0.2) is 12.1 Å². The van der Waals surface area contributed by atoms with E-state index in [2.05, 4.69) is 36.2 Å². The zero-order chi connectivity index (χ0) is 15.4. The van der Waals surface area contributed by atoms with Crippen LogP contribution in [0.3, 0.4) is 0 Å². The number of nitrogens with one attached hydrogen (secondary N) is 1. The molecule has 1 aromatic heterocycles. The summed E-state index contributed by atoms with van der Waals surface area (Å²) in [6, 6.07) is 4.35. The Kier molecular flexibility index (Phi) is 5.17. The normalized spacial score (nSPS) is 16.3. The standard InChI is InChI=1S/C16H26N4O/c1-5-13-10-12(11-15(17-2)18-13)16(21)20-8-6-14(7-9-20)19(3)4/h10-11,14H,5-9H2,1-4H3,(H,17,18). The number of piperidine rings is 1. The van der Waals surface area contributed by atoms with Crippen molar-refractivity contribution < 1.29 is 4.79 Å². The van der Waals surface area contributed by atoms with Crippen LogP contribution >= 0.6 is 0 Å². The summed E-state index contributed by atoms with van der Waals surface area (Å²) in [5.41, 5.74) is 1.70. The Balaban J connectivity index is 2.10. The molecule has 2 heterocycles. The van der Waals surface area contributed by atoms with Gasteiger partial charge in [-0.15, -0.1) is 0 Å². The van der Waals surface area contributed by atoms with Crippen molar-refractivity contribution >= 4 is 11.7 Å². The predicted octanol–water partition coefficient (Wildman–Crippen LogP) is 1.85. The highest BCUT2D eigenvalue weighted by Crippen LogP contribution is 2.18. The van der Waals surface area contributed by atoms with Crippen LogP contribution in [0, 0.1) is 0 Å². The fourth-order valence-corrected chi connectivity index (χ4v) is 2.79. The lowest BCUT2D eigenvalue weighted by Crippen LogP contribution is -2.44. The van der Waals surface area contributed by atoms with Gasteiger partial charge < -0.3 is 15.1 Å². The van der Waals surface area contributed by atoms with Crippen LogP contribution in [0.4, 0.5) is 5.82 Å². The minimum Gasteiger partial charge on any atom is -0.373 e. The van der Waals surface area contributed by atoms with Gasteiger partial charge in [0.25, 0.3) is 5.91 Å². The average Bonchev–Trinajstić information content (AvgIpc) is 2.53. The summed E-state index contributed by atoms with van der Waals surface area (Å²) in [4.78, 5) is 21.3. The predicted molar refractivity (Wildman–Crippen MR) is 85.8 cm³/mol. The van der Waals surface area contributed by atoms with Crippen molar-refractivity contribution in [2.45, 2.75) is 32.2 Å². The van der Waals surface area contributed by atoms with E-state index >= 15 is 0 Å². The number of nitrogens with zero attached hydrogens (tertiary/aromatic N) is 3. The van der Waals surface area contributed by atoms with Crippen molar-refractivity contribution in [1.29, 1.82) is 0 Å². The molecular weight excluding hydrogens is 264 g/mol. The fraction of sp³-hybridized carbons (Fsp3) is 0.625. The molecule has 1 aliphatic heterocycles. The van der Waals surface area contributed by atoms with Crippen LogP contribution in [0.2, 0.25) is 0 Å². The molecule has 5 heteroatoms. The summed E-state index contributed by atoms with van der Waals surface area (Å²) in [7, 11) is 6.05. The van der Waals surface area contributed by atoms with Gasteiger partial charge in [0.1, 0.15) is 5.82 Å².